The fourth-order valence-electron chi connectivity index (χ4n) is 2.63. The van der Waals surface area contributed by atoms with E-state index in [0.29, 0.717) is 15.6 Å². The molecule has 0 saturated carbocycles. The summed E-state index contributed by atoms with van der Waals surface area (Å²) < 4.78 is 43.9. The zero-order valence-electron chi connectivity index (χ0n) is 12.9. The highest BCUT2D eigenvalue weighted by Crippen LogP contribution is 2.42. The summed E-state index contributed by atoms with van der Waals surface area (Å²) in [5, 5.41) is 16.3. The summed E-state index contributed by atoms with van der Waals surface area (Å²) in [6.07, 6.45) is -5.01. The van der Waals surface area contributed by atoms with Gasteiger partial charge in [0.2, 0.25) is 0 Å². The Morgan fingerprint density at radius 2 is 2.12 bits per heavy atom. The summed E-state index contributed by atoms with van der Waals surface area (Å²) in [7, 11) is 1.33. The smallest absolute Gasteiger partial charge is 0.473 e. The van der Waals surface area contributed by atoms with Gasteiger partial charge in [-0.15, -0.1) is 11.3 Å². The molecule has 0 fully saturated rings. The lowest BCUT2D eigenvalue weighted by Crippen LogP contribution is -2.38. The molecule has 1 atom stereocenters. The van der Waals surface area contributed by atoms with E-state index in [1.54, 1.807) is 17.5 Å². The Morgan fingerprint density at radius 1 is 1.36 bits per heavy atom. The fraction of sp³-hybridized carbons (Fsp3) is 0.250. The molecule has 1 amide bonds. The fourth-order valence-corrected chi connectivity index (χ4v) is 3.36. The number of methoxy groups -OCH3 is 1. The van der Waals surface area contributed by atoms with Crippen molar-refractivity contribution in [3.8, 4) is 11.5 Å². The van der Waals surface area contributed by atoms with Crippen molar-refractivity contribution in [3.63, 3.8) is 0 Å². The van der Waals surface area contributed by atoms with Crippen LogP contribution in [0.2, 0.25) is 0 Å². The molecule has 5 nitrogen and oxygen atoms in total. The largest absolute Gasteiger partial charge is 0.504 e. The van der Waals surface area contributed by atoms with E-state index >= 15 is 0 Å². The van der Waals surface area contributed by atoms with Gasteiger partial charge in [-0.1, -0.05) is 18.2 Å². The standard InChI is InChI=1S/C16H13F3N2O3S/c1-24-12-5-2-4-9(14(12)22)11-8-10(13-6-3-7-25-13)20-21(11)15(23)16(17,18)19/h2-7,11,22H,8H2,1H3/t11-/m1/s1. The molecule has 0 bridgehead atoms. The van der Waals surface area contributed by atoms with E-state index in [4.69, 9.17) is 4.74 Å². The first-order valence-corrected chi connectivity index (χ1v) is 8.08. The van der Waals surface area contributed by atoms with Crippen molar-refractivity contribution in [2.24, 2.45) is 5.10 Å². The minimum absolute atomic E-state index is 0.0586. The van der Waals surface area contributed by atoms with E-state index in [1.807, 2.05) is 0 Å². The molecule has 132 valence electrons. The number of halogens is 3. The van der Waals surface area contributed by atoms with Crippen LogP contribution in [0.3, 0.4) is 0 Å². The van der Waals surface area contributed by atoms with Crippen LogP contribution in [0.15, 0.2) is 40.8 Å². The summed E-state index contributed by atoms with van der Waals surface area (Å²) in [6, 6.07) is 6.85. The third-order valence-corrected chi connectivity index (χ3v) is 4.69. The maximum atomic E-state index is 13.0. The first-order valence-electron chi connectivity index (χ1n) is 7.20. The zero-order chi connectivity index (χ0) is 18.2. The molecule has 9 heteroatoms. The minimum atomic E-state index is -5.07. The second-order valence-corrected chi connectivity index (χ2v) is 6.24. The number of hydrazone groups is 1. The molecule has 1 aromatic heterocycles. The normalized spacial score (nSPS) is 17.5. The summed E-state index contributed by atoms with van der Waals surface area (Å²) in [6.45, 7) is 0. The van der Waals surface area contributed by atoms with Gasteiger partial charge in [0.15, 0.2) is 11.5 Å². The maximum absolute atomic E-state index is 13.0. The van der Waals surface area contributed by atoms with Gasteiger partial charge in [0.25, 0.3) is 0 Å². The highest BCUT2D eigenvalue weighted by atomic mass is 32.1. The first-order chi connectivity index (χ1) is 11.8. The average molecular weight is 370 g/mol. The Labute approximate surface area is 145 Å². The number of alkyl halides is 3. The maximum Gasteiger partial charge on any atom is 0.473 e. The average Bonchev–Trinajstić information content (AvgIpc) is 3.22. The molecular formula is C16H13F3N2O3S. The van der Waals surface area contributed by atoms with Crippen molar-refractivity contribution < 1.29 is 27.8 Å². The van der Waals surface area contributed by atoms with Gasteiger partial charge < -0.3 is 9.84 Å². The van der Waals surface area contributed by atoms with Gasteiger partial charge in [0, 0.05) is 12.0 Å². The van der Waals surface area contributed by atoms with Crippen LogP contribution in [0.5, 0.6) is 11.5 Å². The van der Waals surface area contributed by atoms with Crippen LogP contribution >= 0.6 is 11.3 Å². The number of thiophene rings is 1. The molecule has 1 aromatic carbocycles. The third-order valence-electron chi connectivity index (χ3n) is 3.78. The molecule has 0 spiro atoms. The molecular weight excluding hydrogens is 357 g/mol. The predicted octanol–water partition coefficient (Wildman–Crippen LogP) is 3.70. The second kappa shape index (κ2) is 6.40. The topological polar surface area (TPSA) is 62.1 Å². The Hall–Kier alpha value is -2.55. The summed E-state index contributed by atoms with van der Waals surface area (Å²) in [5.74, 6) is -2.27. The van der Waals surface area contributed by atoms with Crippen LogP contribution in [0.1, 0.15) is 22.9 Å². The van der Waals surface area contributed by atoms with Crippen molar-refractivity contribution in [3.05, 3.63) is 46.2 Å². The second-order valence-electron chi connectivity index (χ2n) is 5.29. The van der Waals surface area contributed by atoms with Crippen molar-refractivity contribution in [1.29, 1.82) is 0 Å². The van der Waals surface area contributed by atoms with Crippen molar-refractivity contribution in [2.75, 3.05) is 7.11 Å². The Balaban J connectivity index is 2.04. The lowest BCUT2D eigenvalue weighted by molar-refractivity contribution is -0.187. The molecule has 25 heavy (non-hydrogen) atoms. The lowest BCUT2D eigenvalue weighted by Gasteiger charge is -2.24. The molecule has 0 unspecified atom stereocenters. The third kappa shape index (κ3) is 3.19. The number of carbonyl (C=O) groups is 1. The van der Waals surface area contributed by atoms with Crippen molar-refractivity contribution in [1.82, 2.24) is 5.01 Å². The number of carbonyl (C=O) groups excluding carboxylic acids is 1. The Kier molecular flexibility index (Phi) is 4.42. The van der Waals surface area contributed by atoms with Crippen LogP contribution in [0, 0.1) is 0 Å². The molecule has 1 aliphatic rings. The number of ether oxygens (including phenoxy) is 1. The number of rotatable bonds is 3. The van der Waals surface area contributed by atoms with E-state index in [2.05, 4.69) is 5.10 Å². The van der Waals surface area contributed by atoms with Crippen LogP contribution in [0.25, 0.3) is 0 Å². The summed E-state index contributed by atoms with van der Waals surface area (Å²) in [5.41, 5.74) is 0.507. The number of amides is 1. The van der Waals surface area contributed by atoms with Gasteiger partial charge >= 0.3 is 12.1 Å². The molecule has 0 radical (unpaired) electrons. The number of phenolic OH excluding ortho intramolecular Hbond substituents is 1. The number of phenols is 1. The highest BCUT2D eigenvalue weighted by Gasteiger charge is 2.48. The van der Waals surface area contributed by atoms with Crippen molar-refractivity contribution in [2.45, 2.75) is 18.6 Å². The van der Waals surface area contributed by atoms with E-state index in [-0.39, 0.29) is 23.5 Å². The Morgan fingerprint density at radius 3 is 2.72 bits per heavy atom. The number of nitrogens with zero attached hydrogens (tertiary/aromatic N) is 2. The molecule has 0 aliphatic carbocycles. The van der Waals surface area contributed by atoms with Gasteiger partial charge in [0.05, 0.1) is 23.7 Å². The van der Waals surface area contributed by atoms with Crippen LogP contribution < -0.4 is 4.74 Å². The van der Waals surface area contributed by atoms with Gasteiger partial charge in [-0.3, -0.25) is 4.79 Å². The van der Waals surface area contributed by atoms with E-state index in [0.717, 1.165) is 0 Å². The van der Waals surface area contributed by atoms with Gasteiger partial charge in [-0.25, -0.2) is 5.01 Å². The number of hydrogen-bond donors (Lipinski definition) is 1. The molecule has 0 saturated heterocycles. The monoisotopic (exact) mass is 370 g/mol. The van der Waals surface area contributed by atoms with Crippen molar-refractivity contribution >= 4 is 23.0 Å². The van der Waals surface area contributed by atoms with Crippen LogP contribution in [-0.4, -0.2) is 35.0 Å². The Bertz CT molecular complexity index is 819. The quantitative estimate of drug-likeness (QED) is 0.896. The number of para-hydroxylation sites is 1. The lowest BCUT2D eigenvalue weighted by atomic mass is 9.99. The number of benzene rings is 1. The summed E-state index contributed by atoms with van der Waals surface area (Å²) >= 11 is 1.31. The zero-order valence-corrected chi connectivity index (χ0v) is 13.8. The van der Waals surface area contributed by atoms with Gasteiger partial charge in [-0.05, 0) is 17.5 Å². The molecule has 2 heterocycles. The molecule has 1 N–H and O–H groups in total. The van der Waals surface area contributed by atoms with Crippen LogP contribution in [0.4, 0.5) is 13.2 Å². The summed E-state index contributed by atoms with van der Waals surface area (Å²) in [4.78, 5) is 12.5. The predicted molar refractivity (Wildman–Crippen MR) is 85.8 cm³/mol. The van der Waals surface area contributed by atoms with E-state index < -0.39 is 18.1 Å². The molecule has 1 aliphatic heterocycles. The SMILES string of the molecule is COc1cccc([C@H]2CC(c3cccs3)=NN2C(=O)C(F)(F)F)c1O. The van der Waals surface area contributed by atoms with Gasteiger partial charge in [0.1, 0.15) is 0 Å². The van der Waals surface area contributed by atoms with E-state index in [1.165, 1.54) is 36.6 Å². The number of hydrogen-bond acceptors (Lipinski definition) is 5. The van der Waals surface area contributed by atoms with Crippen LogP contribution in [-0.2, 0) is 4.79 Å². The number of aromatic hydroxyl groups is 1. The minimum Gasteiger partial charge on any atom is -0.504 e. The van der Waals surface area contributed by atoms with E-state index in [9.17, 15) is 23.1 Å². The first kappa shape index (κ1) is 17.3. The van der Waals surface area contributed by atoms with Gasteiger partial charge in [-0.2, -0.15) is 18.3 Å². The molecule has 2 aromatic rings. The molecule has 3 rings (SSSR count). The highest BCUT2D eigenvalue weighted by molar-refractivity contribution is 7.12.